The highest BCUT2D eigenvalue weighted by atomic mass is 19.1. The Labute approximate surface area is 106 Å². The smallest absolute Gasteiger partial charge is 0.311 e. The maximum absolute atomic E-state index is 13.4. The molecule has 0 spiro atoms. The van der Waals surface area contributed by atoms with E-state index in [4.69, 9.17) is 5.73 Å². The molecule has 3 unspecified atom stereocenters. The van der Waals surface area contributed by atoms with Gasteiger partial charge in [-0.1, -0.05) is 25.5 Å². The fourth-order valence-corrected chi connectivity index (χ4v) is 2.97. The first-order valence-electron chi connectivity index (χ1n) is 6.27. The maximum Gasteiger partial charge on any atom is 0.311 e. The van der Waals surface area contributed by atoms with E-state index >= 15 is 0 Å². The lowest BCUT2D eigenvalue weighted by atomic mass is 9.83. The molecule has 1 fully saturated rings. The van der Waals surface area contributed by atoms with E-state index in [1.165, 1.54) is 12.1 Å². The van der Waals surface area contributed by atoms with Crippen LogP contribution in [-0.2, 0) is 4.79 Å². The molecule has 0 radical (unpaired) electrons. The minimum absolute atomic E-state index is 0.0237. The summed E-state index contributed by atoms with van der Waals surface area (Å²) in [6, 6.07) is 4.41. The average Bonchev–Trinajstić information content (AvgIpc) is 2.71. The first-order valence-corrected chi connectivity index (χ1v) is 6.27. The Bertz CT molecular complexity index is 461. The molecule has 3 atom stereocenters. The lowest BCUT2D eigenvalue weighted by Crippen LogP contribution is -2.21. The van der Waals surface area contributed by atoms with Gasteiger partial charge >= 0.3 is 5.97 Å². The van der Waals surface area contributed by atoms with Crippen LogP contribution in [0.4, 0.5) is 10.1 Å². The van der Waals surface area contributed by atoms with Gasteiger partial charge in [0.2, 0.25) is 0 Å². The monoisotopic (exact) mass is 251 g/mol. The van der Waals surface area contributed by atoms with Crippen molar-refractivity contribution in [2.24, 2.45) is 11.8 Å². The standard InChI is InChI=1S/C14H18FNO2/c1-8-5-6-9(7-8)12(14(17)18)10-3-2-4-11(15)13(10)16/h2-4,8-9,12H,5-7,16H2,1H3,(H,17,18). The first kappa shape index (κ1) is 12.9. The van der Waals surface area contributed by atoms with Gasteiger partial charge in [0.05, 0.1) is 11.6 Å². The summed E-state index contributed by atoms with van der Waals surface area (Å²) < 4.78 is 13.4. The number of halogens is 1. The largest absolute Gasteiger partial charge is 0.481 e. The molecule has 3 N–H and O–H groups in total. The quantitative estimate of drug-likeness (QED) is 0.812. The first-order chi connectivity index (χ1) is 8.50. The van der Waals surface area contributed by atoms with Crippen LogP contribution in [0, 0.1) is 17.7 Å². The van der Waals surface area contributed by atoms with E-state index in [2.05, 4.69) is 6.92 Å². The van der Waals surface area contributed by atoms with Crippen LogP contribution in [0.2, 0.25) is 0 Å². The highest BCUT2D eigenvalue weighted by Crippen LogP contribution is 2.42. The number of anilines is 1. The molecule has 1 aliphatic rings. The highest BCUT2D eigenvalue weighted by molar-refractivity contribution is 5.79. The van der Waals surface area contributed by atoms with Gasteiger partial charge in [0, 0.05) is 0 Å². The van der Waals surface area contributed by atoms with Gasteiger partial charge in [-0.15, -0.1) is 0 Å². The van der Waals surface area contributed by atoms with Gasteiger partial charge in [0.1, 0.15) is 5.82 Å². The zero-order valence-corrected chi connectivity index (χ0v) is 10.4. The van der Waals surface area contributed by atoms with Gasteiger partial charge in [-0.05, 0) is 36.3 Å². The van der Waals surface area contributed by atoms with Crippen molar-refractivity contribution in [1.82, 2.24) is 0 Å². The van der Waals surface area contributed by atoms with Crippen molar-refractivity contribution in [3.8, 4) is 0 Å². The Hall–Kier alpha value is -1.58. The molecule has 1 aromatic rings. The molecule has 1 saturated carbocycles. The van der Waals surface area contributed by atoms with Crippen LogP contribution in [0.3, 0.4) is 0 Å². The molecule has 98 valence electrons. The summed E-state index contributed by atoms with van der Waals surface area (Å²) in [4.78, 5) is 11.5. The Morgan fingerprint density at radius 2 is 2.22 bits per heavy atom. The van der Waals surface area contributed by atoms with Crippen LogP contribution in [-0.4, -0.2) is 11.1 Å². The van der Waals surface area contributed by atoms with E-state index in [9.17, 15) is 14.3 Å². The molecule has 0 aliphatic heterocycles. The van der Waals surface area contributed by atoms with Crippen molar-refractivity contribution in [3.05, 3.63) is 29.6 Å². The third-order valence-electron chi connectivity index (χ3n) is 3.89. The van der Waals surface area contributed by atoms with E-state index < -0.39 is 17.7 Å². The van der Waals surface area contributed by atoms with E-state index in [1.807, 2.05) is 0 Å². The van der Waals surface area contributed by atoms with Gasteiger partial charge in [0.25, 0.3) is 0 Å². The lowest BCUT2D eigenvalue weighted by molar-refractivity contribution is -0.140. The fourth-order valence-electron chi connectivity index (χ4n) is 2.97. The molecule has 4 heteroatoms. The normalized spacial score (nSPS) is 25.0. The van der Waals surface area contributed by atoms with Crippen molar-refractivity contribution in [1.29, 1.82) is 0 Å². The van der Waals surface area contributed by atoms with Crippen molar-refractivity contribution in [3.63, 3.8) is 0 Å². The van der Waals surface area contributed by atoms with E-state index in [0.29, 0.717) is 11.5 Å². The molecule has 0 amide bonds. The maximum atomic E-state index is 13.4. The molecule has 1 aliphatic carbocycles. The molecular formula is C14H18FNO2. The second-order valence-electron chi connectivity index (χ2n) is 5.24. The minimum Gasteiger partial charge on any atom is -0.481 e. The summed E-state index contributed by atoms with van der Waals surface area (Å²) in [5.74, 6) is -1.55. The summed E-state index contributed by atoms with van der Waals surface area (Å²) in [6.07, 6.45) is 2.77. The average molecular weight is 251 g/mol. The highest BCUT2D eigenvalue weighted by Gasteiger charge is 2.35. The Balaban J connectivity index is 2.36. The van der Waals surface area contributed by atoms with Crippen LogP contribution in [0.25, 0.3) is 0 Å². The van der Waals surface area contributed by atoms with E-state index in [-0.39, 0.29) is 11.6 Å². The second-order valence-corrected chi connectivity index (χ2v) is 5.24. The number of carboxylic acids is 1. The number of hydrogen-bond acceptors (Lipinski definition) is 2. The van der Waals surface area contributed by atoms with Crippen LogP contribution in [0.1, 0.15) is 37.7 Å². The summed E-state index contributed by atoms with van der Waals surface area (Å²) in [5, 5.41) is 9.41. The number of nitrogens with two attached hydrogens (primary N) is 1. The zero-order chi connectivity index (χ0) is 13.3. The Morgan fingerprint density at radius 3 is 2.78 bits per heavy atom. The molecule has 0 saturated heterocycles. The van der Waals surface area contributed by atoms with Gasteiger partial charge < -0.3 is 10.8 Å². The Kier molecular flexibility index (Phi) is 3.55. The van der Waals surface area contributed by atoms with Gasteiger partial charge in [-0.3, -0.25) is 4.79 Å². The van der Waals surface area contributed by atoms with Crippen molar-refractivity contribution >= 4 is 11.7 Å². The van der Waals surface area contributed by atoms with Crippen LogP contribution in [0.5, 0.6) is 0 Å². The molecule has 0 heterocycles. The molecular weight excluding hydrogens is 233 g/mol. The third-order valence-corrected chi connectivity index (χ3v) is 3.89. The van der Waals surface area contributed by atoms with Crippen LogP contribution < -0.4 is 5.73 Å². The molecule has 18 heavy (non-hydrogen) atoms. The number of nitrogen functional groups attached to an aromatic ring is 1. The number of carbonyl (C=O) groups is 1. The fraction of sp³-hybridized carbons (Fsp3) is 0.500. The van der Waals surface area contributed by atoms with Gasteiger partial charge in [-0.25, -0.2) is 4.39 Å². The Morgan fingerprint density at radius 1 is 1.50 bits per heavy atom. The summed E-state index contributed by atoms with van der Waals surface area (Å²) in [7, 11) is 0. The number of hydrogen-bond donors (Lipinski definition) is 2. The number of benzene rings is 1. The third kappa shape index (κ3) is 2.33. The van der Waals surface area contributed by atoms with E-state index in [1.54, 1.807) is 6.07 Å². The van der Waals surface area contributed by atoms with Crippen molar-refractivity contribution in [2.45, 2.75) is 32.1 Å². The molecule has 2 rings (SSSR count). The van der Waals surface area contributed by atoms with E-state index in [0.717, 1.165) is 19.3 Å². The molecule has 3 nitrogen and oxygen atoms in total. The predicted molar refractivity (Wildman–Crippen MR) is 67.7 cm³/mol. The van der Waals surface area contributed by atoms with Crippen LogP contribution in [0.15, 0.2) is 18.2 Å². The SMILES string of the molecule is CC1CCC(C(C(=O)O)c2cccc(F)c2N)C1. The predicted octanol–water partition coefficient (Wildman–Crippen LogP) is 3.01. The molecule has 0 bridgehead atoms. The topological polar surface area (TPSA) is 63.3 Å². The number of aliphatic carboxylic acids is 1. The lowest BCUT2D eigenvalue weighted by Gasteiger charge is -2.21. The molecule has 1 aromatic carbocycles. The van der Waals surface area contributed by atoms with Crippen molar-refractivity contribution in [2.75, 3.05) is 5.73 Å². The van der Waals surface area contributed by atoms with Gasteiger partial charge in [-0.2, -0.15) is 0 Å². The summed E-state index contributed by atoms with van der Waals surface area (Å²) in [6.45, 7) is 2.12. The second kappa shape index (κ2) is 4.96. The van der Waals surface area contributed by atoms with Crippen LogP contribution >= 0.6 is 0 Å². The number of carboxylic acid groups (broad SMARTS) is 1. The van der Waals surface area contributed by atoms with Gasteiger partial charge in [0.15, 0.2) is 0 Å². The summed E-state index contributed by atoms with van der Waals surface area (Å²) >= 11 is 0. The minimum atomic E-state index is -0.911. The summed E-state index contributed by atoms with van der Waals surface area (Å²) in [5.41, 5.74) is 6.08. The number of para-hydroxylation sites is 1. The van der Waals surface area contributed by atoms with Crippen molar-refractivity contribution < 1.29 is 14.3 Å². The molecule has 0 aromatic heterocycles. The zero-order valence-electron chi connectivity index (χ0n) is 10.4. The number of rotatable bonds is 3.